The van der Waals surface area contributed by atoms with Gasteiger partial charge >= 0.3 is 0 Å². The average Bonchev–Trinajstić information content (AvgIpc) is 2.36. The number of benzene rings is 1. The molecule has 0 fully saturated rings. The van der Waals surface area contributed by atoms with E-state index in [-0.39, 0.29) is 5.91 Å². The molecular weight excluding hydrogens is 252 g/mol. The van der Waals surface area contributed by atoms with E-state index in [2.05, 4.69) is 6.58 Å². The van der Waals surface area contributed by atoms with Crippen LogP contribution in [-0.2, 0) is 4.74 Å². The molecule has 0 unspecified atom stereocenters. The van der Waals surface area contributed by atoms with Gasteiger partial charge in [-0.15, -0.1) is 6.58 Å². The van der Waals surface area contributed by atoms with Gasteiger partial charge < -0.3 is 15.4 Å². The standard InChI is InChI=1S/C13H17ClN2O2/c1-3-6-16(7-8-18-2)13(17)11-9-10(15)4-5-12(11)14/h3-5,9H,1,6-8,15H2,2H3. The van der Waals surface area contributed by atoms with Crippen molar-refractivity contribution in [2.75, 3.05) is 32.5 Å². The Bertz CT molecular complexity index is 435. The van der Waals surface area contributed by atoms with E-state index in [1.54, 1.807) is 36.3 Å². The van der Waals surface area contributed by atoms with Crippen LogP contribution in [0.15, 0.2) is 30.9 Å². The molecule has 1 aromatic rings. The lowest BCUT2D eigenvalue weighted by molar-refractivity contribution is 0.0718. The van der Waals surface area contributed by atoms with Crippen molar-refractivity contribution in [1.29, 1.82) is 0 Å². The molecule has 0 saturated heterocycles. The third-order valence-electron chi connectivity index (χ3n) is 2.42. The third kappa shape index (κ3) is 3.75. The van der Waals surface area contributed by atoms with Gasteiger partial charge in [0.15, 0.2) is 0 Å². The first-order valence-corrected chi connectivity index (χ1v) is 5.92. The highest BCUT2D eigenvalue weighted by Crippen LogP contribution is 2.20. The zero-order chi connectivity index (χ0) is 13.5. The number of carbonyl (C=O) groups is 1. The van der Waals surface area contributed by atoms with Crippen LogP contribution in [0.2, 0.25) is 5.02 Å². The van der Waals surface area contributed by atoms with Gasteiger partial charge in [-0.2, -0.15) is 0 Å². The molecular formula is C13H17ClN2O2. The molecule has 4 nitrogen and oxygen atoms in total. The van der Waals surface area contributed by atoms with Crippen LogP contribution < -0.4 is 5.73 Å². The lowest BCUT2D eigenvalue weighted by atomic mass is 10.1. The van der Waals surface area contributed by atoms with Gasteiger partial charge in [0.1, 0.15) is 0 Å². The van der Waals surface area contributed by atoms with Crippen molar-refractivity contribution < 1.29 is 9.53 Å². The quantitative estimate of drug-likeness (QED) is 0.636. The molecule has 1 aromatic carbocycles. The van der Waals surface area contributed by atoms with Crippen LogP contribution in [0.3, 0.4) is 0 Å². The molecule has 0 spiro atoms. The normalized spacial score (nSPS) is 10.1. The number of halogens is 1. The summed E-state index contributed by atoms with van der Waals surface area (Å²) in [5.41, 5.74) is 6.57. The summed E-state index contributed by atoms with van der Waals surface area (Å²) in [6, 6.07) is 4.85. The summed E-state index contributed by atoms with van der Waals surface area (Å²) in [7, 11) is 1.59. The fraction of sp³-hybridized carbons (Fsp3) is 0.308. The van der Waals surface area contributed by atoms with Gasteiger partial charge in [0, 0.05) is 25.9 Å². The van der Waals surface area contributed by atoms with Crippen molar-refractivity contribution in [3.05, 3.63) is 41.4 Å². The van der Waals surface area contributed by atoms with Crippen molar-refractivity contribution in [3.8, 4) is 0 Å². The first-order chi connectivity index (χ1) is 8.60. The minimum absolute atomic E-state index is 0.177. The van der Waals surface area contributed by atoms with Crippen molar-refractivity contribution >= 4 is 23.2 Å². The molecule has 0 bridgehead atoms. The molecule has 98 valence electrons. The summed E-state index contributed by atoms with van der Waals surface area (Å²) in [6.07, 6.45) is 1.66. The van der Waals surface area contributed by atoms with E-state index in [0.29, 0.717) is 36.0 Å². The topological polar surface area (TPSA) is 55.6 Å². The summed E-state index contributed by atoms with van der Waals surface area (Å²) in [5.74, 6) is -0.177. The number of nitrogen functional groups attached to an aromatic ring is 1. The second-order valence-electron chi connectivity index (χ2n) is 3.77. The summed E-state index contributed by atoms with van der Waals surface area (Å²) in [4.78, 5) is 13.9. The molecule has 0 saturated carbocycles. The number of hydrogen-bond donors (Lipinski definition) is 1. The molecule has 0 heterocycles. The Kier molecular flexibility index (Phi) is 5.68. The Morgan fingerprint density at radius 1 is 1.61 bits per heavy atom. The van der Waals surface area contributed by atoms with Crippen molar-refractivity contribution in [3.63, 3.8) is 0 Å². The lowest BCUT2D eigenvalue weighted by Gasteiger charge is -2.21. The zero-order valence-corrected chi connectivity index (χ0v) is 11.1. The smallest absolute Gasteiger partial charge is 0.255 e. The number of anilines is 1. The number of carbonyl (C=O) groups excluding carboxylic acids is 1. The van der Waals surface area contributed by atoms with E-state index in [0.717, 1.165) is 0 Å². The number of rotatable bonds is 6. The highest BCUT2D eigenvalue weighted by Gasteiger charge is 2.17. The predicted molar refractivity (Wildman–Crippen MR) is 73.8 cm³/mol. The van der Waals surface area contributed by atoms with Crippen LogP contribution in [0.4, 0.5) is 5.69 Å². The number of nitrogens with zero attached hydrogens (tertiary/aromatic N) is 1. The second kappa shape index (κ2) is 7.03. The van der Waals surface area contributed by atoms with Crippen LogP contribution in [0.5, 0.6) is 0 Å². The summed E-state index contributed by atoms with van der Waals surface area (Å²) in [5, 5.41) is 0.390. The molecule has 0 aliphatic carbocycles. The van der Waals surface area contributed by atoms with Crippen molar-refractivity contribution in [2.24, 2.45) is 0 Å². The van der Waals surface area contributed by atoms with Gasteiger partial charge in [-0.25, -0.2) is 0 Å². The van der Waals surface area contributed by atoms with Gasteiger partial charge in [0.2, 0.25) is 0 Å². The molecule has 0 atom stereocenters. The van der Waals surface area contributed by atoms with Crippen molar-refractivity contribution in [2.45, 2.75) is 0 Å². The van der Waals surface area contributed by atoms with E-state index in [1.807, 2.05) is 0 Å². The van der Waals surface area contributed by atoms with Gasteiger partial charge in [-0.1, -0.05) is 17.7 Å². The minimum Gasteiger partial charge on any atom is -0.399 e. The molecule has 5 heteroatoms. The van der Waals surface area contributed by atoms with Crippen LogP contribution in [0.25, 0.3) is 0 Å². The molecule has 18 heavy (non-hydrogen) atoms. The monoisotopic (exact) mass is 268 g/mol. The van der Waals surface area contributed by atoms with Crippen LogP contribution in [0, 0.1) is 0 Å². The summed E-state index contributed by atoms with van der Waals surface area (Å²) in [6.45, 7) is 5.01. The predicted octanol–water partition coefficient (Wildman–Crippen LogP) is 2.20. The Morgan fingerprint density at radius 2 is 2.33 bits per heavy atom. The molecule has 0 aromatic heterocycles. The van der Waals surface area contributed by atoms with Gasteiger partial charge in [-0.3, -0.25) is 4.79 Å². The Labute approximate surface area is 112 Å². The van der Waals surface area contributed by atoms with E-state index in [4.69, 9.17) is 22.1 Å². The van der Waals surface area contributed by atoms with Crippen LogP contribution >= 0.6 is 11.6 Å². The van der Waals surface area contributed by atoms with Crippen LogP contribution in [-0.4, -0.2) is 37.6 Å². The van der Waals surface area contributed by atoms with E-state index >= 15 is 0 Å². The van der Waals surface area contributed by atoms with Gasteiger partial charge in [-0.05, 0) is 18.2 Å². The fourth-order valence-electron chi connectivity index (χ4n) is 1.51. The van der Waals surface area contributed by atoms with Gasteiger partial charge in [0.05, 0.1) is 17.2 Å². The SMILES string of the molecule is C=CCN(CCOC)C(=O)c1cc(N)ccc1Cl. The molecule has 0 radical (unpaired) electrons. The Hall–Kier alpha value is -1.52. The lowest BCUT2D eigenvalue weighted by Crippen LogP contribution is -2.34. The highest BCUT2D eigenvalue weighted by atomic mass is 35.5. The Balaban J connectivity index is 2.93. The molecule has 0 aliphatic heterocycles. The first kappa shape index (κ1) is 14.5. The summed E-state index contributed by atoms with van der Waals surface area (Å²) < 4.78 is 4.97. The van der Waals surface area contributed by atoms with Gasteiger partial charge in [0.25, 0.3) is 5.91 Å². The minimum atomic E-state index is -0.177. The number of nitrogens with two attached hydrogens (primary N) is 1. The molecule has 2 N–H and O–H groups in total. The maximum atomic E-state index is 12.3. The highest BCUT2D eigenvalue weighted by molar-refractivity contribution is 6.34. The average molecular weight is 269 g/mol. The zero-order valence-electron chi connectivity index (χ0n) is 10.4. The fourth-order valence-corrected chi connectivity index (χ4v) is 1.71. The number of ether oxygens (including phenoxy) is 1. The molecule has 1 amide bonds. The second-order valence-corrected chi connectivity index (χ2v) is 4.18. The Morgan fingerprint density at radius 3 is 2.94 bits per heavy atom. The van der Waals surface area contributed by atoms with E-state index in [1.165, 1.54) is 0 Å². The van der Waals surface area contributed by atoms with Crippen LogP contribution in [0.1, 0.15) is 10.4 Å². The molecule has 0 aliphatic rings. The maximum absolute atomic E-state index is 12.3. The third-order valence-corrected chi connectivity index (χ3v) is 2.75. The maximum Gasteiger partial charge on any atom is 0.255 e. The first-order valence-electron chi connectivity index (χ1n) is 5.54. The number of methoxy groups -OCH3 is 1. The van der Waals surface area contributed by atoms with Crippen molar-refractivity contribution in [1.82, 2.24) is 4.90 Å². The largest absolute Gasteiger partial charge is 0.399 e. The summed E-state index contributed by atoms with van der Waals surface area (Å²) >= 11 is 6.01. The van der Waals surface area contributed by atoms with E-state index in [9.17, 15) is 4.79 Å². The number of hydrogen-bond acceptors (Lipinski definition) is 3. The van der Waals surface area contributed by atoms with E-state index < -0.39 is 0 Å². The molecule has 1 rings (SSSR count). The number of amides is 1.